The van der Waals surface area contributed by atoms with E-state index in [1.54, 1.807) is 0 Å². The van der Waals surface area contributed by atoms with Gasteiger partial charge in [-0.1, -0.05) is 47.1 Å². The Hall–Kier alpha value is -0.870. The molecule has 0 fully saturated rings. The average Bonchev–Trinajstić information content (AvgIpc) is 2.37. The smallest absolute Gasteiger partial charge is 0.246 e. The van der Waals surface area contributed by atoms with E-state index in [2.05, 4.69) is 27.3 Å². The second kappa shape index (κ2) is 8.25. The van der Waals surface area contributed by atoms with Gasteiger partial charge in [0.1, 0.15) is 6.61 Å². The minimum atomic E-state index is -0.0669. The van der Waals surface area contributed by atoms with E-state index in [-0.39, 0.29) is 12.5 Å². The second-order valence-corrected chi connectivity index (χ2v) is 4.34. The number of hydrogen-bond acceptors (Lipinski definition) is 2. The zero-order valence-corrected chi connectivity index (χ0v) is 11.6. The summed E-state index contributed by atoms with van der Waals surface area (Å²) in [5, 5.41) is 3.66. The van der Waals surface area contributed by atoms with Gasteiger partial charge in [-0.3, -0.25) is 4.79 Å². The molecule has 1 aromatic rings. The van der Waals surface area contributed by atoms with Gasteiger partial charge in [-0.15, -0.1) is 0 Å². The molecule has 0 aliphatic rings. The van der Waals surface area contributed by atoms with Gasteiger partial charge in [0.25, 0.3) is 0 Å². The van der Waals surface area contributed by atoms with Crippen LogP contribution in [0.1, 0.15) is 24.5 Å². The topological polar surface area (TPSA) is 38.3 Å². The zero-order chi connectivity index (χ0) is 12.5. The van der Waals surface area contributed by atoms with Crippen LogP contribution in [0.2, 0.25) is 0 Å². The van der Waals surface area contributed by atoms with Crippen molar-refractivity contribution in [1.82, 2.24) is 5.32 Å². The molecule has 0 atom stereocenters. The number of amides is 1. The molecular formula is C13H18BrNO2. The molecule has 0 spiro atoms. The summed E-state index contributed by atoms with van der Waals surface area (Å²) in [6.45, 7) is 3.34. The van der Waals surface area contributed by atoms with Crippen molar-refractivity contribution in [2.24, 2.45) is 0 Å². The van der Waals surface area contributed by atoms with Crippen molar-refractivity contribution in [3.05, 3.63) is 35.4 Å². The van der Waals surface area contributed by atoms with Crippen molar-refractivity contribution >= 4 is 21.8 Å². The third-order valence-corrected chi connectivity index (χ3v) is 2.86. The Balaban J connectivity index is 2.31. The Kier molecular flexibility index (Phi) is 6.89. The summed E-state index contributed by atoms with van der Waals surface area (Å²) in [6, 6.07) is 8.11. The number of rotatable bonds is 7. The highest BCUT2D eigenvalue weighted by Gasteiger charge is 2.01. The van der Waals surface area contributed by atoms with Crippen LogP contribution in [0.25, 0.3) is 0 Å². The van der Waals surface area contributed by atoms with E-state index in [4.69, 9.17) is 4.74 Å². The Labute approximate surface area is 111 Å². The van der Waals surface area contributed by atoms with E-state index in [1.165, 1.54) is 5.56 Å². The number of carbonyl (C=O) groups is 1. The summed E-state index contributed by atoms with van der Waals surface area (Å²) >= 11 is 3.41. The number of nitrogens with one attached hydrogen (secondary N) is 1. The first-order chi connectivity index (χ1) is 8.26. The molecule has 0 radical (unpaired) electrons. The van der Waals surface area contributed by atoms with Gasteiger partial charge in [0, 0.05) is 18.5 Å². The van der Waals surface area contributed by atoms with Gasteiger partial charge in [0.2, 0.25) is 5.91 Å². The molecule has 3 nitrogen and oxygen atoms in total. The van der Waals surface area contributed by atoms with Crippen molar-refractivity contribution < 1.29 is 9.53 Å². The van der Waals surface area contributed by atoms with Crippen molar-refractivity contribution in [1.29, 1.82) is 0 Å². The molecule has 17 heavy (non-hydrogen) atoms. The van der Waals surface area contributed by atoms with Crippen LogP contribution in [0.3, 0.4) is 0 Å². The molecule has 4 heteroatoms. The molecule has 1 N–H and O–H groups in total. The maximum Gasteiger partial charge on any atom is 0.246 e. The molecule has 0 saturated carbocycles. The lowest BCUT2D eigenvalue weighted by atomic mass is 10.1. The van der Waals surface area contributed by atoms with Crippen LogP contribution in [-0.4, -0.2) is 19.1 Å². The number of halogens is 1. The van der Waals surface area contributed by atoms with Crippen LogP contribution in [0.15, 0.2) is 24.3 Å². The summed E-state index contributed by atoms with van der Waals surface area (Å²) in [5.74, 6) is -0.0669. The van der Waals surface area contributed by atoms with Crippen LogP contribution < -0.4 is 5.32 Å². The second-order valence-electron chi connectivity index (χ2n) is 3.78. The summed E-state index contributed by atoms with van der Waals surface area (Å²) in [7, 11) is 0. The van der Waals surface area contributed by atoms with Crippen LogP contribution >= 0.6 is 15.9 Å². The fourth-order valence-electron chi connectivity index (χ4n) is 1.38. The zero-order valence-electron chi connectivity index (χ0n) is 10.0. The Bertz CT molecular complexity index is 355. The quantitative estimate of drug-likeness (QED) is 0.621. The average molecular weight is 300 g/mol. The maximum atomic E-state index is 11.4. The number of benzene rings is 1. The third-order valence-electron chi connectivity index (χ3n) is 2.22. The number of ether oxygens (including phenoxy) is 1. The first-order valence-electron chi connectivity index (χ1n) is 5.74. The Morgan fingerprint density at radius 1 is 1.41 bits per heavy atom. The van der Waals surface area contributed by atoms with Gasteiger partial charge in [0.15, 0.2) is 0 Å². The highest BCUT2D eigenvalue weighted by atomic mass is 79.9. The molecule has 94 valence electrons. The van der Waals surface area contributed by atoms with E-state index < -0.39 is 0 Å². The van der Waals surface area contributed by atoms with Crippen molar-refractivity contribution in [3.8, 4) is 0 Å². The molecule has 0 bridgehead atoms. The van der Waals surface area contributed by atoms with Gasteiger partial charge < -0.3 is 10.1 Å². The normalized spacial score (nSPS) is 10.2. The highest BCUT2D eigenvalue weighted by Crippen LogP contribution is 2.08. The van der Waals surface area contributed by atoms with Crippen molar-refractivity contribution in [3.63, 3.8) is 0 Å². The van der Waals surface area contributed by atoms with E-state index in [0.717, 1.165) is 17.3 Å². The van der Waals surface area contributed by atoms with Gasteiger partial charge >= 0.3 is 0 Å². The minimum Gasteiger partial charge on any atom is -0.372 e. The molecule has 0 aromatic heterocycles. The van der Waals surface area contributed by atoms with Gasteiger partial charge in [-0.05, 0) is 17.5 Å². The number of carbonyl (C=O) groups excluding carboxylic acids is 1. The van der Waals surface area contributed by atoms with E-state index in [9.17, 15) is 4.79 Å². The lowest BCUT2D eigenvalue weighted by Crippen LogP contribution is -2.27. The molecule has 0 saturated heterocycles. The maximum absolute atomic E-state index is 11.4. The van der Waals surface area contributed by atoms with Crippen LogP contribution in [-0.2, 0) is 21.4 Å². The van der Waals surface area contributed by atoms with E-state index >= 15 is 0 Å². The lowest BCUT2D eigenvalue weighted by molar-refractivity contribution is -0.125. The van der Waals surface area contributed by atoms with Crippen LogP contribution in [0.4, 0.5) is 0 Å². The van der Waals surface area contributed by atoms with Crippen LogP contribution in [0, 0.1) is 0 Å². The predicted octanol–water partition coefficient (Wildman–Crippen LogP) is 2.62. The summed E-state index contributed by atoms with van der Waals surface area (Å²) < 4.78 is 5.16. The monoisotopic (exact) mass is 299 g/mol. The molecule has 0 aliphatic heterocycles. The van der Waals surface area contributed by atoms with Gasteiger partial charge in [-0.2, -0.15) is 0 Å². The molecule has 0 heterocycles. The van der Waals surface area contributed by atoms with Crippen molar-refractivity contribution in [2.45, 2.75) is 25.2 Å². The number of hydrogen-bond donors (Lipinski definition) is 1. The third kappa shape index (κ3) is 5.84. The standard InChI is InChI=1S/C13H18BrNO2/c1-2-6-17-10-13(16)15-9-12-5-3-4-11(7-12)8-14/h3-5,7H,2,6,8-10H2,1H3,(H,15,16). The molecule has 1 rings (SSSR count). The van der Waals surface area contributed by atoms with E-state index in [1.807, 2.05) is 25.1 Å². The largest absolute Gasteiger partial charge is 0.372 e. The lowest BCUT2D eigenvalue weighted by Gasteiger charge is -2.06. The minimum absolute atomic E-state index is 0.0669. The van der Waals surface area contributed by atoms with Crippen LogP contribution in [0.5, 0.6) is 0 Å². The van der Waals surface area contributed by atoms with Gasteiger partial charge in [0.05, 0.1) is 0 Å². The molecule has 1 aromatic carbocycles. The summed E-state index contributed by atoms with van der Waals surface area (Å²) in [5.41, 5.74) is 2.31. The van der Waals surface area contributed by atoms with E-state index in [0.29, 0.717) is 13.2 Å². The fourth-order valence-corrected chi connectivity index (χ4v) is 1.73. The summed E-state index contributed by atoms with van der Waals surface area (Å²) in [4.78, 5) is 11.4. The van der Waals surface area contributed by atoms with Crippen molar-refractivity contribution in [2.75, 3.05) is 13.2 Å². The predicted molar refractivity (Wildman–Crippen MR) is 72.0 cm³/mol. The van der Waals surface area contributed by atoms with Gasteiger partial charge in [-0.25, -0.2) is 0 Å². The summed E-state index contributed by atoms with van der Waals surface area (Å²) in [6.07, 6.45) is 0.931. The first kappa shape index (κ1) is 14.2. The molecule has 1 amide bonds. The Morgan fingerprint density at radius 3 is 2.88 bits per heavy atom. The highest BCUT2D eigenvalue weighted by molar-refractivity contribution is 9.08. The number of alkyl halides is 1. The molecular weight excluding hydrogens is 282 g/mol. The SMILES string of the molecule is CCCOCC(=O)NCc1cccc(CBr)c1. The molecule has 0 unspecified atom stereocenters. The molecule has 0 aliphatic carbocycles. The Morgan fingerprint density at radius 2 is 2.18 bits per heavy atom. The fraction of sp³-hybridized carbons (Fsp3) is 0.462. The first-order valence-corrected chi connectivity index (χ1v) is 6.86.